The molecule has 0 aliphatic carbocycles. The number of carbonyl (C=O) groups is 1. The van der Waals surface area contributed by atoms with Gasteiger partial charge < -0.3 is 5.11 Å². The van der Waals surface area contributed by atoms with Crippen LogP contribution in [0.5, 0.6) is 0 Å². The van der Waals surface area contributed by atoms with Crippen LogP contribution in [0.4, 0.5) is 0 Å². The first kappa shape index (κ1) is 10.2. The summed E-state index contributed by atoms with van der Waals surface area (Å²) in [5.74, 6) is -0.980. The zero-order valence-corrected chi connectivity index (χ0v) is 8.62. The van der Waals surface area contributed by atoms with Crippen molar-refractivity contribution in [3.63, 3.8) is 0 Å². The van der Waals surface area contributed by atoms with Gasteiger partial charge in [0, 0.05) is 11.5 Å². The SMILES string of the molecule is O=C(O)c1ccc(CCCBr)cn1. The molecule has 0 saturated carbocycles. The predicted molar refractivity (Wildman–Crippen MR) is 53.3 cm³/mol. The van der Waals surface area contributed by atoms with E-state index in [1.165, 1.54) is 6.07 Å². The molecule has 0 atom stereocenters. The van der Waals surface area contributed by atoms with Crippen molar-refractivity contribution in [3.8, 4) is 0 Å². The van der Waals surface area contributed by atoms with E-state index in [9.17, 15) is 4.79 Å². The highest BCUT2D eigenvalue weighted by Gasteiger charge is 2.02. The number of alkyl halides is 1. The molecule has 1 aromatic rings. The Morgan fingerprint density at radius 1 is 1.54 bits per heavy atom. The van der Waals surface area contributed by atoms with E-state index in [0.717, 1.165) is 23.7 Å². The first-order chi connectivity index (χ1) is 6.24. The molecule has 0 fully saturated rings. The van der Waals surface area contributed by atoms with Gasteiger partial charge in [0.25, 0.3) is 0 Å². The van der Waals surface area contributed by atoms with Crippen molar-refractivity contribution in [2.45, 2.75) is 12.8 Å². The quantitative estimate of drug-likeness (QED) is 0.825. The third-order valence-electron chi connectivity index (χ3n) is 1.64. The number of aromatic carboxylic acids is 1. The van der Waals surface area contributed by atoms with Gasteiger partial charge in [-0.05, 0) is 24.5 Å². The molecule has 0 saturated heterocycles. The summed E-state index contributed by atoms with van der Waals surface area (Å²) in [6.07, 6.45) is 3.58. The average Bonchev–Trinajstić information content (AvgIpc) is 2.15. The predicted octanol–water partition coefficient (Wildman–Crippen LogP) is 2.11. The molecule has 3 nitrogen and oxygen atoms in total. The van der Waals surface area contributed by atoms with Crippen LogP contribution in [-0.4, -0.2) is 21.4 Å². The van der Waals surface area contributed by atoms with Gasteiger partial charge in [-0.15, -0.1) is 0 Å². The molecule has 13 heavy (non-hydrogen) atoms. The maximum absolute atomic E-state index is 10.5. The number of carboxylic acid groups (broad SMARTS) is 1. The Hall–Kier alpha value is -0.900. The van der Waals surface area contributed by atoms with Gasteiger partial charge in [-0.2, -0.15) is 0 Å². The maximum Gasteiger partial charge on any atom is 0.354 e. The molecular formula is C9H10BrNO2. The number of hydrogen-bond donors (Lipinski definition) is 1. The fourth-order valence-electron chi connectivity index (χ4n) is 0.970. The first-order valence-corrected chi connectivity index (χ1v) is 5.10. The molecule has 1 rings (SSSR count). The Bertz CT molecular complexity index is 284. The topological polar surface area (TPSA) is 50.2 Å². The van der Waals surface area contributed by atoms with Crippen LogP contribution in [0.1, 0.15) is 22.5 Å². The molecule has 70 valence electrons. The van der Waals surface area contributed by atoms with Crippen molar-refractivity contribution >= 4 is 21.9 Å². The van der Waals surface area contributed by atoms with Gasteiger partial charge in [-0.1, -0.05) is 22.0 Å². The van der Waals surface area contributed by atoms with Crippen molar-refractivity contribution in [2.24, 2.45) is 0 Å². The van der Waals surface area contributed by atoms with Crippen LogP contribution in [0.3, 0.4) is 0 Å². The molecule has 0 unspecified atom stereocenters. The Kier molecular flexibility index (Phi) is 3.89. The normalized spacial score (nSPS) is 9.92. The van der Waals surface area contributed by atoms with Crippen molar-refractivity contribution < 1.29 is 9.90 Å². The largest absolute Gasteiger partial charge is 0.477 e. The maximum atomic E-state index is 10.5. The van der Waals surface area contributed by atoms with Crippen molar-refractivity contribution in [3.05, 3.63) is 29.6 Å². The number of carboxylic acids is 1. The lowest BCUT2D eigenvalue weighted by molar-refractivity contribution is 0.0690. The minimum absolute atomic E-state index is 0.0996. The Balaban J connectivity index is 2.64. The summed E-state index contributed by atoms with van der Waals surface area (Å²) >= 11 is 3.33. The molecule has 1 N–H and O–H groups in total. The van der Waals surface area contributed by atoms with Crippen LogP contribution in [0.15, 0.2) is 18.3 Å². The van der Waals surface area contributed by atoms with E-state index in [0.29, 0.717) is 0 Å². The van der Waals surface area contributed by atoms with Crippen molar-refractivity contribution in [2.75, 3.05) is 5.33 Å². The lowest BCUT2D eigenvalue weighted by atomic mass is 10.1. The highest BCUT2D eigenvalue weighted by molar-refractivity contribution is 9.09. The van der Waals surface area contributed by atoms with Crippen molar-refractivity contribution in [1.82, 2.24) is 4.98 Å². The van der Waals surface area contributed by atoms with Crippen LogP contribution in [-0.2, 0) is 6.42 Å². The summed E-state index contributed by atoms with van der Waals surface area (Å²) in [5, 5.41) is 9.53. The van der Waals surface area contributed by atoms with E-state index in [-0.39, 0.29) is 5.69 Å². The molecule has 0 bridgehead atoms. The third-order valence-corrected chi connectivity index (χ3v) is 2.20. The highest BCUT2D eigenvalue weighted by Crippen LogP contribution is 2.04. The van der Waals surface area contributed by atoms with E-state index in [1.54, 1.807) is 12.3 Å². The number of pyridine rings is 1. The number of halogens is 1. The molecule has 0 radical (unpaired) electrons. The minimum Gasteiger partial charge on any atom is -0.477 e. The Morgan fingerprint density at radius 2 is 2.31 bits per heavy atom. The lowest BCUT2D eigenvalue weighted by Crippen LogP contribution is -2.00. The van der Waals surface area contributed by atoms with Gasteiger partial charge in [0.2, 0.25) is 0 Å². The van der Waals surface area contributed by atoms with E-state index in [1.807, 2.05) is 0 Å². The highest BCUT2D eigenvalue weighted by atomic mass is 79.9. The fourth-order valence-corrected chi connectivity index (χ4v) is 1.25. The molecule has 4 heteroatoms. The Morgan fingerprint density at radius 3 is 2.77 bits per heavy atom. The summed E-state index contributed by atoms with van der Waals surface area (Å²) < 4.78 is 0. The van der Waals surface area contributed by atoms with Crippen LogP contribution >= 0.6 is 15.9 Å². The van der Waals surface area contributed by atoms with E-state index < -0.39 is 5.97 Å². The van der Waals surface area contributed by atoms with Gasteiger partial charge in [-0.3, -0.25) is 0 Å². The molecule has 0 aliphatic rings. The fraction of sp³-hybridized carbons (Fsp3) is 0.333. The summed E-state index contributed by atoms with van der Waals surface area (Å²) in [7, 11) is 0. The number of aromatic nitrogens is 1. The summed E-state index contributed by atoms with van der Waals surface area (Å²) in [4.78, 5) is 14.3. The molecule has 0 spiro atoms. The van der Waals surface area contributed by atoms with Gasteiger partial charge in [0.05, 0.1) is 0 Å². The van der Waals surface area contributed by atoms with Gasteiger partial charge in [-0.25, -0.2) is 9.78 Å². The molecular weight excluding hydrogens is 234 g/mol. The summed E-state index contributed by atoms with van der Waals surface area (Å²) in [5.41, 5.74) is 1.17. The minimum atomic E-state index is -0.980. The number of rotatable bonds is 4. The lowest BCUT2D eigenvalue weighted by Gasteiger charge is -1.98. The second kappa shape index (κ2) is 4.97. The van der Waals surface area contributed by atoms with Gasteiger partial charge in [0.1, 0.15) is 5.69 Å². The molecule has 0 amide bonds. The molecule has 0 aromatic carbocycles. The molecule has 0 aliphatic heterocycles. The number of nitrogens with zero attached hydrogens (tertiary/aromatic N) is 1. The van der Waals surface area contributed by atoms with E-state index >= 15 is 0 Å². The van der Waals surface area contributed by atoms with E-state index in [2.05, 4.69) is 20.9 Å². The smallest absolute Gasteiger partial charge is 0.354 e. The van der Waals surface area contributed by atoms with Crippen LogP contribution in [0.25, 0.3) is 0 Å². The summed E-state index contributed by atoms with van der Waals surface area (Å²) in [6.45, 7) is 0. The standard InChI is InChI=1S/C9H10BrNO2/c10-5-1-2-7-3-4-8(9(12)13)11-6-7/h3-4,6H,1-2,5H2,(H,12,13). The second-order valence-corrected chi connectivity index (χ2v) is 3.44. The Labute approximate surface area is 84.9 Å². The third kappa shape index (κ3) is 3.14. The zero-order chi connectivity index (χ0) is 9.68. The van der Waals surface area contributed by atoms with Gasteiger partial charge >= 0.3 is 5.97 Å². The van der Waals surface area contributed by atoms with Gasteiger partial charge in [0.15, 0.2) is 0 Å². The number of hydrogen-bond acceptors (Lipinski definition) is 2. The zero-order valence-electron chi connectivity index (χ0n) is 7.03. The second-order valence-electron chi connectivity index (χ2n) is 2.65. The van der Waals surface area contributed by atoms with Crippen LogP contribution in [0, 0.1) is 0 Å². The van der Waals surface area contributed by atoms with Crippen molar-refractivity contribution in [1.29, 1.82) is 0 Å². The van der Waals surface area contributed by atoms with E-state index in [4.69, 9.17) is 5.11 Å². The monoisotopic (exact) mass is 243 g/mol. The molecule has 1 aromatic heterocycles. The molecule has 1 heterocycles. The number of aryl methyl sites for hydroxylation is 1. The first-order valence-electron chi connectivity index (χ1n) is 3.98. The average molecular weight is 244 g/mol. The van der Waals surface area contributed by atoms with Crippen LogP contribution in [0.2, 0.25) is 0 Å². The van der Waals surface area contributed by atoms with Crippen LogP contribution < -0.4 is 0 Å². The summed E-state index contributed by atoms with van der Waals surface area (Å²) in [6, 6.07) is 3.34.